The maximum atomic E-state index is 14.2. The van der Waals surface area contributed by atoms with Crippen molar-refractivity contribution in [1.82, 2.24) is 9.78 Å². The maximum absolute atomic E-state index is 14.2. The van der Waals surface area contributed by atoms with Gasteiger partial charge in [-0.15, -0.1) is 0 Å². The molecule has 2 aromatic carbocycles. The van der Waals surface area contributed by atoms with Crippen LogP contribution < -0.4 is 4.72 Å². The number of nitrogens with one attached hydrogen (secondary N) is 1. The maximum Gasteiger partial charge on any atom is 0.337 e. The number of hydrogen-bond acceptors (Lipinski definition) is 5. The van der Waals surface area contributed by atoms with Gasteiger partial charge >= 0.3 is 5.97 Å². The smallest absolute Gasteiger partial charge is 0.337 e. The van der Waals surface area contributed by atoms with Crippen LogP contribution in [0.5, 0.6) is 0 Å². The summed E-state index contributed by atoms with van der Waals surface area (Å²) in [5, 5.41) is 3.93. The van der Waals surface area contributed by atoms with Crippen molar-refractivity contribution in [3.05, 3.63) is 72.3 Å². The van der Waals surface area contributed by atoms with Crippen molar-refractivity contribution in [2.24, 2.45) is 0 Å². The lowest BCUT2D eigenvalue weighted by molar-refractivity contribution is 0.0600. The van der Waals surface area contributed by atoms with E-state index in [1.54, 1.807) is 12.3 Å². The average Bonchev–Trinajstić information content (AvgIpc) is 3.15. The fraction of sp³-hybridized carbons (Fsp3) is 0.0588. The Balaban J connectivity index is 1.88. The summed E-state index contributed by atoms with van der Waals surface area (Å²) in [5.41, 5.74) is 0.322. The summed E-state index contributed by atoms with van der Waals surface area (Å²) in [6.45, 7) is 0. The number of anilines is 1. The molecule has 0 aliphatic heterocycles. The van der Waals surface area contributed by atoms with Crippen molar-refractivity contribution in [1.29, 1.82) is 0 Å². The number of carbonyl (C=O) groups excluding carboxylic acids is 1. The predicted octanol–water partition coefficient (Wildman–Crippen LogP) is 2.60. The SMILES string of the molecule is COC(=O)c1cccc(S(=O)(=O)Nc2ccc(-n3cccn3)c(F)c2)c1. The fourth-order valence-electron chi connectivity index (χ4n) is 2.29. The van der Waals surface area contributed by atoms with Gasteiger partial charge in [-0.2, -0.15) is 5.10 Å². The quantitative estimate of drug-likeness (QED) is 0.692. The van der Waals surface area contributed by atoms with E-state index in [-0.39, 0.29) is 21.8 Å². The van der Waals surface area contributed by atoms with Crippen LogP contribution in [-0.4, -0.2) is 31.3 Å². The number of aromatic nitrogens is 2. The molecule has 3 aromatic rings. The van der Waals surface area contributed by atoms with Gasteiger partial charge in [0.05, 0.1) is 23.3 Å². The van der Waals surface area contributed by atoms with Crippen LogP contribution in [0.25, 0.3) is 5.69 Å². The van der Waals surface area contributed by atoms with Gasteiger partial charge in [0.1, 0.15) is 5.69 Å². The number of carbonyl (C=O) groups is 1. The van der Waals surface area contributed by atoms with Gasteiger partial charge in [0.2, 0.25) is 0 Å². The van der Waals surface area contributed by atoms with E-state index in [1.807, 2.05) is 0 Å². The number of rotatable bonds is 5. The van der Waals surface area contributed by atoms with E-state index in [0.29, 0.717) is 0 Å². The van der Waals surface area contributed by atoms with Gasteiger partial charge in [-0.3, -0.25) is 4.72 Å². The molecule has 0 spiro atoms. The minimum absolute atomic E-state index is 0.0434. The topological polar surface area (TPSA) is 90.3 Å². The van der Waals surface area contributed by atoms with Crippen LogP contribution in [0.2, 0.25) is 0 Å². The summed E-state index contributed by atoms with van der Waals surface area (Å²) in [7, 11) is -2.81. The van der Waals surface area contributed by atoms with Gasteiger partial charge in [-0.25, -0.2) is 22.3 Å². The van der Waals surface area contributed by atoms with Crippen molar-refractivity contribution < 1.29 is 22.3 Å². The van der Waals surface area contributed by atoms with Crippen LogP contribution in [0.4, 0.5) is 10.1 Å². The molecule has 7 nitrogen and oxygen atoms in total. The normalized spacial score (nSPS) is 11.2. The van der Waals surface area contributed by atoms with Crippen molar-refractivity contribution in [3.63, 3.8) is 0 Å². The summed E-state index contributed by atoms with van der Waals surface area (Å²) in [6, 6.07) is 10.9. The second-order valence-electron chi connectivity index (χ2n) is 5.24. The molecule has 1 heterocycles. The number of nitrogens with zero attached hydrogens (tertiary/aromatic N) is 2. The molecular formula is C17H14FN3O4S. The van der Waals surface area contributed by atoms with Crippen molar-refractivity contribution in [2.45, 2.75) is 4.90 Å². The van der Waals surface area contributed by atoms with E-state index in [9.17, 15) is 17.6 Å². The summed E-state index contributed by atoms with van der Waals surface area (Å²) in [5.74, 6) is -1.30. The Bertz CT molecular complexity index is 1050. The Morgan fingerprint density at radius 3 is 2.65 bits per heavy atom. The molecule has 0 amide bonds. The zero-order chi connectivity index (χ0) is 18.7. The minimum atomic E-state index is -4.01. The Kier molecular flexibility index (Phi) is 4.72. The first-order valence-corrected chi connectivity index (χ1v) is 8.90. The monoisotopic (exact) mass is 375 g/mol. The second-order valence-corrected chi connectivity index (χ2v) is 6.92. The van der Waals surface area contributed by atoms with E-state index in [0.717, 1.165) is 6.07 Å². The summed E-state index contributed by atoms with van der Waals surface area (Å²) in [6.07, 6.45) is 3.07. The Hall–Kier alpha value is -3.20. The third-order valence-electron chi connectivity index (χ3n) is 3.52. The lowest BCUT2D eigenvalue weighted by Crippen LogP contribution is -2.14. The number of hydrogen-bond donors (Lipinski definition) is 1. The molecule has 26 heavy (non-hydrogen) atoms. The molecule has 0 unspecified atom stereocenters. The van der Waals surface area contributed by atoms with Crippen LogP contribution in [0.1, 0.15) is 10.4 Å². The highest BCUT2D eigenvalue weighted by molar-refractivity contribution is 7.92. The molecule has 0 aliphatic rings. The van der Waals surface area contributed by atoms with Crippen LogP contribution >= 0.6 is 0 Å². The average molecular weight is 375 g/mol. The molecule has 0 saturated heterocycles. The molecule has 1 aromatic heterocycles. The number of halogens is 1. The first kappa shape index (κ1) is 17.6. The van der Waals surface area contributed by atoms with E-state index >= 15 is 0 Å². The lowest BCUT2D eigenvalue weighted by Gasteiger charge is -2.10. The van der Waals surface area contributed by atoms with Gasteiger partial charge in [0.15, 0.2) is 5.82 Å². The van der Waals surface area contributed by atoms with Crippen LogP contribution in [0, 0.1) is 5.82 Å². The minimum Gasteiger partial charge on any atom is -0.465 e. The zero-order valence-corrected chi connectivity index (χ0v) is 14.4. The summed E-state index contributed by atoms with van der Waals surface area (Å²) >= 11 is 0. The Morgan fingerprint density at radius 2 is 2.00 bits per heavy atom. The largest absolute Gasteiger partial charge is 0.465 e. The van der Waals surface area contributed by atoms with Gasteiger partial charge in [0.25, 0.3) is 10.0 Å². The number of benzene rings is 2. The summed E-state index contributed by atoms with van der Waals surface area (Å²) < 4.78 is 47.4. The van der Waals surface area contributed by atoms with E-state index in [4.69, 9.17) is 0 Å². The van der Waals surface area contributed by atoms with Gasteiger partial charge in [-0.05, 0) is 36.4 Å². The second kappa shape index (κ2) is 6.96. The molecule has 0 radical (unpaired) electrons. The molecule has 0 fully saturated rings. The highest BCUT2D eigenvalue weighted by Gasteiger charge is 2.17. The third kappa shape index (κ3) is 3.57. The van der Waals surface area contributed by atoms with Crippen LogP contribution in [-0.2, 0) is 14.8 Å². The molecule has 0 bridgehead atoms. The standard InChI is InChI=1S/C17H14FN3O4S/c1-25-17(22)12-4-2-5-14(10-12)26(23,24)20-13-6-7-16(15(18)11-13)21-9-3-8-19-21/h2-11,20H,1H3. The Morgan fingerprint density at radius 1 is 1.19 bits per heavy atom. The fourth-order valence-corrected chi connectivity index (χ4v) is 3.38. The molecule has 1 N–H and O–H groups in total. The first-order chi connectivity index (χ1) is 12.4. The third-order valence-corrected chi connectivity index (χ3v) is 4.90. The number of esters is 1. The predicted molar refractivity (Wildman–Crippen MR) is 92.1 cm³/mol. The highest BCUT2D eigenvalue weighted by Crippen LogP contribution is 2.21. The van der Waals surface area contributed by atoms with E-state index in [2.05, 4.69) is 14.6 Å². The number of methoxy groups -OCH3 is 1. The van der Waals surface area contributed by atoms with Crippen molar-refractivity contribution >= 4 is 21.7 Å². The van der Waals surface area contributed by atoms with Crippen molar-refractivity contribution in [2.75, 3.05) is 11.8 Å². The number of ether oxygens (including phenoxy) is 1. The molecule has 0 atom stereocenters. The number of sulfonamides is 1. The van der Waals surface area contributed by atoms with E-state index in [1.165, 1.54) is 54.4 Å². The van der Waals surface area contributed by atoms with Gasteiger partial charge < -0.3 is 4.74 Å². The summed E-state index contributed by atoms with van der Waals surface area (Å²) in [4.78, 5) is 11.4. The molecule has 0 aliphatic carbocycles. The molecule has 3 rings (SSSR count). The van der Waals surface area contributed by atoms with Crippen LogP contribution in [0.3, 0.4) is 0 Å². The van der Waals surface area contributed by atoms with Crippen LogP contribution in [0.15, 0.2) is 65.8 Å². The van der Waals surface area contributed by atoms with Gasteiger partial charge in [-0.1, -0.05) is 6.07 Å². The highest BCUT2D eigenvalue weighted by atomic mass is 32.2. The lowest BCUT2D eigenvalue weighted by atomic mass is 10.2. The molecule has 9 heteroatoms. The van der Waals surface area contributed by atoms with Crippen molar-refractivity contribution in [3.8, 4) is 5.69 Å². The first-order valence-electron chi connectivity index (χ1n) is 7.41. The molecule has 134 valence electrons. The Labute approximate surface area is 149 Å². The molecule has 0 saturated carbocycles. The van der Waals surface area contributed by atoms with E-state index < -0.39 is 21.8 Å². The molecular weight excluding hydrogens is 361 g/mol. The van der Waals surface area contributed by atoms with Gasteiger partial charge in [0, 0.05) is 18.5 Å². The zero-order valence-electron chi connectivity index (χ0n) is 13.6.